The average Bonchev–Trinajstić information content (AvgIpc) is 4.10. The highest BCUT2D eigenvalue weighted by atomic mass is 16.4. The smallest absolute Gasteiger partial charge is 0.306 e. The van der Waals surface area contributed by atoms with Crippen LogP contribution in [0.3, 0.4) is 0 Å². The van der Waals surface area contributed by atoms with Crippen molar-refractivity contribution in [1.29, 1.82) is 0 Å². The van der Waals surface area contributed by atoms with Gasteiger partial charge in [0.15, 0.2) is 11.3 Å². The Bertz CT molecular complexity index is 2370. The molecule has 5 amide bonds. The summed E-state index contributed by atoms with van der Waals surface area (Å²) in [7, 11) is 0. The van der Waals surface area contributed by atoms with Crippen molar-refractivity contribution in [2.24, 2.45) is 17.6 Å². The molecule has 4 aliphatic carbocycles. The summed E-state index contributed by atoms with van der Waals surface area (Å²) in [6.45, 7) is 0. The molecule has 62 heavy (non-hydrogen) atoms. The fourth-order valence-corrected chi connectivity index (χ4v) is 8.12. The number of anilines is 4. The third kappa shape index (κ3) is 9.17. The van der Waals surface area contributed by atoms with Crippen LogP contribution < -0.4 is 37.6 Å². The molecule has 4 saturated carbocycles. The van der Waals surface area contributed by atoms with E-state index < -0.39 is 11.9 Å². The van der Waals surface area contributed by atoms with Gasteiger partial charge in [0.2, 0.25) is 41.5 Å². The number of amides is 5. The molecule has 0 spiro atoms. The number of nitrogens with one attached hydrogen (secondary N) is 6. The number of carbonyl (C=O) groups is 6. The first-order valence-corrected chi connectivity index (χ1v) is 21.1. The third-order valence-corrected chi connectivity index (χ3v) is 11.9. The number of fused-ring (bicyclic) bond motifs is 2. The Labute approximate surface area is 353 Å². The van der Waals surface area contributed by atoms with Crippen LogP contribution >= 0.6 is 0 Å². The Balaban J connectivity index is 0.000000158. The van der Waals surface area contributed by atoms with Gasteiger partial charge in [-0.15, -0.1) is 0 Å². The molecule has 324 valence electrons. The van der Waals surface area contributed by atoms with Crippen LogP contribution in [0.5, 0.6) is 0 Å². The molecule has 2 saturated heterocycles. The summed E-state index contributed by atoms with van der Waals surface area (Å²) in [5, 5.41) is 36.0. The molecule has 6 fully saturated rings. The van der Waals surface area contributed by atoms with E-state index in [0.29, 0.717) is 82.3 Å². The SMILES string of the molecule is NC(=O)C1CCC(Nc2nc(NC3CC3)n3ncc(/C=C4\CC(=O)NC4=O)c3n2)CC1.O=C1C/C(=C\c2cnn3c(NC4CC4)nc(NC4CCC(C(=O)O)CC4)nc23)C(=O)N1. The van der Waals surface area contributed by atoms with E-state index in [1.807, 2.05) is 0 Å². The molecular weight excluding hydrogens is 803 g/mol. The number of imide groups is 2. The molecule has 10 rings (SSSR count). The highest BCUT2D eigenvalue weighted by Gasteiger charge is 2.31. The largest absolute Gasteiger partial charge is 0.481 e. The molecule has 4 aromatic rings. The summed E-state index contributed by atoms with van der Waals surface area (Å²) in [6.07, 6.45) is 16.7. The first kappa shape index (κ1) is 40.4. The van der Waals surface area contributed by atoms with E-state index in [1.54, 1.807) is 33.6 Å². The van der Waals surface area contributed by atoms with Gasteiger partial charge in [-0.05, 0) is 89.2 Å². The minimum Gasteiger partial charge on any atom is -0.481 e. The molecule has 9 N–H and O–H groups in total. The number of nitrogens with two attached hydrogens (primary N) is 1. The second-order valence-electron chi connectivity index (χ2n) is 16.8. The van der Waals surface area contributed by atoms with Crippen molar-refractivity contribution in [2.45, 2.75) is 114 Å². The molecular formula is C40H47N15O7. The van der Waals surface area contributed by atoms with Gasteiger partial charge < -0.3 is 32.1 Å². The number of hydrogen-bond acceptors (Lipinski definition) is 16. The lowest BCUT2D eigenvalue weighted by molar-refractivity contribution is -0.143. The van der Waals surface area contributed by atoms with Crippen LogP contribution in [-0.4, -0.2) is 104 Å². The van der Waals surface area contributed by atoms with Crippen LogP contribution in [-0.2, 0) is 28.8 Å². The lowest BCUT2D eigenvalue weighted by Gasteiger charge is -2.27. The maximum Gasteiger partial charge on any atom is 0.306 e. The van der Waals surface area contributed by atoms with Crippen LogP contribution in [0.1, 0.15) is 101 Å². The first-order valence-electron chi connectivity index (χ1n) is 21.1. The summed E-state index contributed by atoms with van der Waals surface area (Å²) in [6, 6.07) is 0.951. The Hall–Kier alpha value is -7.00. The van der Waals surface area contributed by atoms with E-state index in [2.05, 4.69) is 62.0 Å². The van der Waals surface area contributed by atoms with Crippen molar-refractivity contribution in [2.75, 3.05) is 21.3 Å². The maximum atomic E-state index is 12.0. The van der Waals surface area contributed by atoms with Crippen LogP contribution in [0.25, 0.3) is 23.4 Å². The van der Waals surface area contributed by atoms with E-state index in [1.165, 1.54) is 0 Å². The number of rotatable bonds is 12. The van der Waals surface area contributed by atoms with E-state index in [-0.39, 0.29) is 60.4 Å². The van der Waals surface area contributed by atoms with Crippen molar-refractivity contribution in [3.8, 4) is 0 Å². The summed E-state index contributed by atoms with van der Waals surface area (Å²) in [5.41, 5.74) is 8.53. The molecule has 22 nitrogen and oxygen atoms in total. The number of carboxylic acids is 1. The lowest BCUT2D eigenvalue weighted by Crippen LogP contribution is -2.33. The van der Waals surface area contributed by atoms with Gasteiger partial charge in [-0.3, -0.25) is 39.4 Å². The zero-order chi connectivity index (χ0) is 43.1. The van der Waals surface area contributed by atoms with E-state index >= 15 is 0 Å². The van der Waals surface area contributed by atoms with Crippen molar-refractivity contribution in [1.82, 2.24) is 49.8 Å². The number of hydrogen-bond donors (Lipinski definition) is 8. The molecule has 22 heteroatoms. The zero-order valence-electron chi connectivity index (χ0n) is 33.7. The number of nitrogens with zero attached hydrogens (tertiary/aromatic N) is 8. The summed E-state index contributed by atoms with van der Waals surface area (Å²) >= 11 is 0. The van der Waals surface area contributed by atoms with E-state index in [4.69, 9.17) is 5.73 Å². The van der Waals surface area contributed by atoms with Crippen LogP contribution in [0.15, 0.2) is 23.5 Å². The standard InChI is InChI=1S/C20H24N8O3.C20H23N7O4/c21-16(30)10-1-3-13(4-2-10)23-19-26-17-12(7-11-8-15(29)25-18(11)31)9-22-28(17)20(27-19)24-14-5-6-14;28-15-8-11(17(29)24-15)7-12-9-21-27-16(12)25-19(26-20(27)23-14-5-6-14)22-13-3-1-10(2-4-13)18(30)31/h7,9-10,13-14H,1-6,8H2,(H2,21,30)(H,25,29,31)(H2,23,24,26,27);7,9-10,13-14H,1-6,8H2,(H,30,31)(H,24,28,29)(H2,22,23,25,26)/b2*11-7+. The second-order valence-corrected chi connectivity index (χ2v) is 16.8. The minimum atomic E-state index is -0.738. The number of carbonyl (C=O) groups excluding carboxylic acids is 5. The normalized spacial score (nSPS) is 25.1. The molecule has 0 aromatic carbocycles. The summed E-state index contributed by atoms with van der Waals surface area (Å²) < 4.78 is 3.22. The lowest BCUT2D eigenvalue weighted by atomic mass is 9.86. The van der Waals surface area contributed by atoms with Gasteiger partial charge in [0.05, 0.1) is 31.2 Å². The Morgan fingerprint density at radius 2 is 0.984 bits per heavy atom. The van der Waals surface area contributed by atoms with Crippen molar-refractivity contribution < 1.29 is 33.9 Å². The molecule has 6 heterocycles. The van der Waals surface area contributed by atoms with Gasteiger partial charge in [0, 0.05) is 52.4 Å². The minimum absolute atomic E-state index is 0.0341. The molecule has 2 aliphatic heterocycles. The van der Waals surface area contributed by atoms with Crippen LogP contribution in [0.4, 0.5) is 23.8 Å². The van der Waals surface area contributed by atoms with Gasteiger partial charge in [-0.2, -0.15) is 39.2 Å². The quantitative estimate of drug-likeness (QED) is 0.0744. The van der Waals surface area contributed by atoms with Gasteiger partial charge in [0.25, 0.3) is 11.8 Å². The molecule has 0 bridgehead atoms. The molecule has 0 atom stereocenters. The molecule has 6 aliphatic rings. The van der Waals surface area contributed by atoms with Gasteiger partial charge >= 0.3 is 5.97 Å². The fourth-order valence-electron chi connectivity index (χ4n) is 8.12. The second kappa shape index (κ2) is 16.8. The summed E-state index contributed by atoms with van der Waals surface area (Å²) in [5.74, 6) is -0.719. The third-order valence-electron chi connectivity index (χ3n) is 11.9. The highest BCUT2D eigenvalue weighted by molar-refractivity contribution is 6.16. The van der Waals surface area contributed by atoms with Gasteiger partial charge in [-0.1, -0.05) is 0 Å². The van der Waals surface area contributed by atoms with E-state index in [9.17, 15) is 33.9 Å². The van der Waals surface area contributed by atoms with Crippen molar-refractivity contribution >= 4 is 82.7 Å². The fraction of sp³-hybridized carbons (Fsp3) is 0.500. The number of primary amides is 1. The van der Waals surface area contributed by atoms with Crippen LogP contribution in [0, 0.1) is 11.8 Å². The first-order chi connectivity index (χ1) is 29.9. The predicted molar refractivity (Wildman–Crippen MR) is 222 cm³/mol. The predicted octanol–water partition coefficient (Wildman–Crippen LogP) is 1.77. The Morgan fingerprint density at radius 1 is 0.597 bits per heavy atom. The number of aromatic nitrogens is 8. The monoisotopic (exact) mass is 849 g/mol. The molecule has 0 unspecified atom stereocenters. The average molecular weight is 850 g/mol. The summed E-state index contributed by atoms with van der Waals surface area (Å²) in [4.78, 5) is 88.0. The number of aliphatic carboxylic acids is 1. The van der Waals surface area contributed by atoms with Gasteiger partial charge in [-0.25, -0.2) is 0 Å². The highest BCUT2D eigenvalue weighted by Crippen LogP contribution is 2.31. The Kier molecular flexibility index (Phi) is 11.0. The van der Waals surface area contributed by atoms with E-state index in [0.717, 1.165) is 64.2 Å². The number of carboxylic acid groups (broad SMARTS) is 1. The topological polar surface area (TPSA) is 307 Å². The molecule has 0 radical (unpaired) electrons. The van der Waals surface area contributed by atoms with Gasteiger partial charge in [0.1, 0.15) is 0 Å². The molecule has 4 aromatic heterocycles. The van der Waals surface area contributed by atoms with Crippen molar-refractivity contribution in [3.05, 3.63) is 34.7 Å². The zero-order valence-corrected chi connectivity index (χ0v) is 33.7. The maximum absolute atomic E-state index is 12.0. The van der Waals surface area contributed by atoms with Crippen molar-refractivity contribution in [3.63, 3.8) is 0 Å². The Morgan fingerprint density at radius 3 is 1.34 bits per heavy atom. The van der Waals surface area contributed by atoms with Crippen LogP contribution in [0.2, 0.25) is 0 Å².